The molecular formula is C14H14O4S2. The van der Waals surface area contributed by atoms with Crippen LogP contribution in [0.3, 0.4) is 0 Å². The summed E-state index contributed by atoms with van der Waals surface area (Å²) in [5.74, 6) is 0. The molecule has 2 rings (SSSR count). The van der Waals surface area contributed by atoms with Gasteiger partial charge in [-0.15, -0.1) is 0 Å². The van der Waals surface area contributed by atoms with E-state index in [2.05, 4.69) is 0 Å². The van der Waals surface area contributed by atoms with E-state index < -0.39 is 20.9 Å². The summed E-state index contributed by atoms with van der Waals surface area (Å²) in [6.07, 6.45) is 0.563. The highest BCUT2D eigenvalue weighted by atomic mass is 32.2. The van der Waals surface area contributed by atoms with E-state index in [0.717, 1.165) is 0 Å². The molecule has 6 heteroatoms. The van der Waals surface area contributed by atoms with Crippen LogP contribution in [0.2, 0.25) is 0 Å². The number of aryl methyl sites for hydroxylation is 1. The lowest BCUT2D eigenvalue weighted by Crippen LogP contribution is -2.04. The van der Waals surface area contributed by atoms with Crippen molar-refractivity contribution in [2.75, 3.05) is 0 Å². The molecule has 1 unspecified atom stereocenters. The molecule has 0 heterocycles. The Hall–Kier alpha value is -1.50. The van der Waals surface area contributed by atoms with Gasteiger partial charge in [0.25, 0.3) is 0 Å². The van der Waals surface area contributed by atoms with E-state index >= 15 is 0 Å². The van der Waals surface area contributed by atoms with Gasteiger partial charge >= 0.3 is 0 Å². The lowest BCUT2D eigenvalue weighted by Gasteiger charge is -2.08. The molecule has 1 atom stereocenters. The third-order valence-corrected chi connectivity index (χ3v) is 5.50. The first-order valence-corrected chi connectivity index (χ1v) is 8.59. The van der Waals surface area contributed by atoms with Gasteiger partial charge in [-0.25, -0.2) is 12.6 Å². The van der Waals surface area contributed by atoms with Gasteiger partial charge in [-0.05, 0) is 36.2 Å². The fourth-order valence-electron chi connectivity index (χ4n) is 1.89. The van der Waals surface area contributed by atoms with E-state index in [1.54, 1.807) is 24.3 Å². The first-order valence-electron chi connectivity index (χ1n) is 6.00. The van der Waals surface area contributed by atoms with E-state index in [1.807, 2.05) is 6.92 Å². The number of rotatable bonds is 4. The van der Waals surface area contributed by atoms with E-state index in [4.69, 9.17) is 0 Å². The van der Waals surface area contributed by atoms with Crippen LogP contribution >= 0.6 is 0 Å². The van der Waals surface area contributed by atoms with Gasteiger partial charge in [-0.3, -0.25) is 0 Å². The molecule has 0 fully saturated rings. The van der Waals surface area contributed by atoms with Gasteiger partial charge < -0.3 is 4.55 Å². The molecule has 106 valence electrons. The zero-order valence-corrected chi connectivity index (χ0v) is 12.4. The number of hydrogen-bond donors (Lipinski definition) is 1. The molecule has 2 aromatic carbocycles. The lowest BCUT2D eigenvalue weighted by molar-refractivity contribution is 0.563. The second kappa shape index (κ2) is 5.87. The Morgan fingerprint density at radius 2 is 1.70 bits per heavy atom. The number of hydrogen-bond acceptors (Lipinski definition) is 3. The van der Waals surface area contributed by atoms with Gasteiger partial charge in [0.2, 0.25) is 9.84 Å². The Bertz CT molecular complexity index is 737. The molecule has 0 saturated heterocycles. The van der Waals surface area contributed by atoms with E-state index in [1.165, 1.54) is 24.3 Å². The molecule has 1 N–H and O–H groups in total. The minimum atomic E-state index is -3.67. The van der Waals surface area contributed by atoms with Crippen molar-refractivity contribution in [1.82, 2.24) is 0 Å². The van der Waals surface area contributed by atoms with Gasteiger partial charge in [0.1, 0.15) is 0 Å². The van der Waals surface area contributed by atoms with Crippen molar-refractivity contribution in [3.8, 4) is 0 Å². The summed E-state index contributed by atoms with van der Waals surface area (Å²) in [6.45, 7) is 1.84. The largest absolute Gasteiger partial charge is 0.302 e. The molecular weight excluding hydrogens is 296 g/mol. The molecule has 4 nitrogen and oxygen atoms in total. The first-order chi connectivity index (χ1) is 9.46. The Labute approximate surface area is 120 Å². The molecule has 0 amide bonds. The molecule has 0 bridgehead atoms. The average Bonchev–Trinajstić information content (AvgIpc) is 2.47. The standard InChI is InChI=1S/C14H14O4S2/c1-2-11-8-9-13(10-14(11)19(15)16)20(17,18)12-6-4-3-5-7-12/h3-10H,2H2,1H3,(H,15,16). The molecule has 0 radical (unpaired) electrons. The van der Waals surface area contributed by atoms with Crippen LogP contribution < -0.4 is 0 Å². The van der Waals surface area contributed by atoms with Crippen molar-refractivity contribution < 1.29 is 17.2 Å². The normalized spacial score (nSPS) is 13.1. The van der Waals surface area contributed by atoms with Crippen LogP contribution in [0.15, 0.2) is 63.2 Å². The van der Waals surface area contributed by atoms with Gasteiger partial charge in [0.05, 0.1) is 14.7 Å². The molecule has 0 aliphatic heterocycles. The highest BCUT2D eigenvalue weighted by Crippen LogP contribution is 2.24. The summed E-state index contributed by atoms with van der Waals surface area (Å²) in [5.41, 5.74) is 0.665. The monoisotopic (exact) mass is 310 g/mol. The van der Waals surface area contributed by atoms with Crippen molar-refractivity contribution in [3.63, 3.8) is 0 Å². The fourth-order valence-corrected chi connectivity index (χ4v) is 3.94. The van der Waals surface area contributed by atoms with Crippen LogP contribution in [0, 0.1) is 0 Å². The van der Waals surface area contributed by atoms with Crippen LogP contribution in [0.5, 0.6) is 0 Å². The SMILES string of the molecule is CCc1ccc(S(=O)(=O)c2ccccc2)cc1S(=O)O. The zero-order chi connectivity index (χ0) is 14.8. The van der Waals surface area contributed by atoms with Gasteiger partial charge in [-0.1, -0.05) is 31.2 Å². The van der Waals surface area contributed by atoms with Crippen LogP contribution in [0.4, 0.5) is 0 Å². The fraction of sp³-hybridized carbons (Fsp3) is 0.143. The summed E-state index contributed by atoms with van der Waals surface area (Å²) in [7, 11) is -3.67. The highest BCUT2D eigenvalue weighted by molar-refractivity contribution is 7.91. The van der Waals surface area contributed by atoms with Gasteiger partial charge in [0.15, 0.2) is 11.1 Å². The smallest absolute Gasteiger partial charge is 0.206 e. The zero-order valence-electron chi connectivity index (χ0n) is 10.8. The van der Waals surface area contributed by atoms with E-state index in [9.17, 15) is 17.2 Å². The summed E-state index contributed by atoms with van der Waals surface area (Å²) in [4.78, 5) is 0.335. The molecule has 0 aliphatic rings. The topological polar surface area (TPSA) is 71.4 Å². The second-order valence-corrected chi connectivity index (χ2v) is 7.08. The van der Waals surface area contributed by atoms with Crippen molar-refractivity contribution in [2.45, 2.75) is 28.0 Å². The summed E-state index contributed by atoms with van der Waals surface area (Å²) >= 11 is -2.21. The molecule has 0 aromatic heterocycles. The Balaban J connectivity index is 2.59. The Kier molecular flexibility index (Phi) is 4.37. The van der Waals surface area contributed by atoms with Crippen LogP contribution in [0.25, 0.3) is 0 Å². The van der Waals surface area contributed by atoms with Gasteiger partial charge in [-0.2, -0.15) is 0 Å². The Morgan fingerprint density at radius 3 is 2.25 bits per heavy atom. The minimum absolute atomic E-state index is 0.0262. The second-order valence-electron chi connectivity index (χ2n) is 4.19. The predicted octanol–water partition coefficient (Wildman–Crippen LogP) is 2.66. The van der Waals surface area contributed by atoms with E-state index in [-0.39, 0.29) is 14.7 Å². The summed E-state index contributed by atoms with van der Waals surface area (Å²) in [6, 6.07) is 12.3. The van der Waals surface area contributed by atoms with Gasteiger partial charge in [0, 0.05) is 0 Å². The lowest BCUT2D eigenvalue weighted by atomic mass is 10.2. The molecule has 0 saturated carbocycles. The maximum Gasteiger partial charge on any atom is 0.206 e. The van der Waals surface area contributed by atoms with Crippen molar-refractivity contribution in [3.05, 3.63) is 54.1 Å². The van der Waals surface area contributed by atoms with Crippen molar-refractivity contribution in [1.29, 1.82) is 0 Å². The van der Waals surface area contributed by atoms with E-state index in [0.29, 0.717) is 12.0 Å². The summed E-state index contributed by atoms with van der Waals surface area (Å²) < 4.78 is 45.4. The van der Waals surface area contributed by atoms with Crippen molar-refractivity contribution >= 4 is 20.9 Å². The molecule has 2 aromatic rings. The van der Waals surface area contributed by atoms with Crippen LogP contribution in [-0.4, -0.2) is 17.2 Å². The third kappa shape index (κ3) is 2.82. The summed E-state index contributed by atoms with van der Waals surface area (Å²) in [5, 5.41) is 0. The molecule has 0 spiro atoms. The average molecular weight is 310 g/mol. The third-order valence-electron chi connectivity index (χ3n) is 2.97. The minimum Gasteiger partial charge on any atom is -0.302 e. The van der Waals surface area contributed by atoms with Crippen LogP contribution in [0.1, 0.15) is 12.5 Å². The number of benzene rings is 2. The maximum atomic E-state index is 12.4. The predicted molar refractivity (Wildman–Crippen MR) is 76.8 cm³/mol. The highest BCUT2D eigenvalue weighted by Gasteiger charge is 2.19. The molecule has 0 aliphatic carbocycles. The molecule has 20 heavy (non-hydrogen) atoms. The first kappa shape index (κ1) is 14.9. The maximum absolute atomic E-state index is 12.4. The Morgan fingerprint density at radius 1 is 1.05 bits per heavy atom. The van der Waals surface area contributed by atoms with Crippen molar-refractivity contribution in [2.24, 2.45) is 0 Å². The number of sulfone groups is 1. The van der Waals surface area contributed by atoms with Crippen LogP contribution in [-0.2, 0) is 27.3 Å². The quantitative estimate of drug-likeness (QED) is 0.881.